The Bertz CT molecular complexity index is 294. The zero-order chi connectivity index (χ0) is 8.60. The summed E-state index contributed by atoms with van der Waals surface area (Å²) in [7, 11) is 0. The molecule has 1 aliphatic heterocycles. The highest BCUT2D eigenvalue weighted by molar-refractivity contribution is 6.30. The van der Waals surface area contributed by atoms with E-state index in [4.69, 9.17) is 16.3 Å². The average Bonchev–Trinajstić information content (AvgIpc) is 2.00. The lowest BCUT2D eigenvalue weighted by Gasteiger charge is -2.36. The summed E-state index contributed by atoms with van der Waals surface area (Å²) in [6, 6.07) is 7.24. The van der Waals surface area contributed by atoms with E-state index in [1.165, 1.54) is 0 Å². The number of hydrogen-bond donors (Lipinski definition) is 1. The fraction of sp³-hybridized carbons (Fsp3) is 0.333. The molecular formula is C9H9ClO2. The fourth-order valence-electron chi connectivity index (χ4n) is 1.24. The SMILES string of the molecule is OC1(c2cccc(Cl)c2)COC1. The van der Waals surface area contributed by atoms with Crippen LogP contribution in [0.25, 0.3) is 0 Å². The summed E-state index contributed by atoms with van der Waals surface area (Å²) >= 11 is 5.78. The summed E-state index contributed by atoms with van der Waals surface area (Å²) in [5, 5.41) is 10.5. The van der Waals surface area contributed by atoms with Crippen molar-refractivity contribution in [3.8, 4) is 0 Å². The third kappa shape index (κ3) is 1.22. The first-order chi connectivity index (χ1) is 5.71. The van der Waals surface area contributed by atoms with Gasteiger partial charge in [0.05, 0.1) is 13.2 Å². The molecular weight excluding hydrogens is 176 g/mol. The average molecular weight is 185 g/mol. The Balaban J connectivity index is 2.33. The van der Waals surface area contributed by atoms with Crippen molar-refractivity contribution in [1.82, 2.24) is 0 Å². The van der Waals surface area contributed by atoms with Crippen molar-refractivity contribution in [2.24, 2.45) is 0 Å². The van der Waals surface area contributed by atoms with Crippen molar-refractivity contribution in [3.05, 3.63) is 34.9 Å². The summed E-state index contributed by atoms with van der Waals surface area (Å²) in [5.41, 5.74) is 0.0338. The molecule has 0 spiro atoms. The normalized spacial score (nSPS) is 20.2. The van der Waals surface area contributed by atoms with Gasteiger partial charge in [-0.25, -0.2) is 0 Å². The van der Waals surface area contributed by atoms with Gasteiger partial charge in [-0.1, -0.05) is 23.7 Å². The van der Waals surface area contributed by atoms with Gasteiger partial charge in [0.15, 0.2) is 0 Å². The molecule has 64 valence electrons. The summed E-state index contributed by atoms with van der Waals surface area (Å²) in [6.07, 6.45) is 0. The van der Waals surface area contributed by atoms with Gasteiger partial charge in [0.2, 0.25) is 0 Å². The van der Waals surface area contributed by atoms with Crippen LogP contribution in [-0.4, -0.2) is 18.3 Å². The Morgan fingerprint density at radius 2 is 2.17 bits per heavy atom. The lowest BCUT2D eigenvalue weighted by molar-refractivity contribution is -0.184. The zero-order valence-electron chi connectivity index (χ0n) is 6.46. The first-order valence-corrected chi connectivity index (χ1v) is 4.15. The molecule has 0 aromatic heterocycles. The third-order valence-electron chi connectivity index (χ3n) is 2.04. The van der Waals surface area contributed by atoms with Gasteiger partial charge in [-0.3, -0.25) is 0 Å². The molecule has 0 saturated carbocycles. The molecule has 2 nitrogen and oxygen atoms in total. The second kappa shape index (κ2) is 2.73. The quantitative estimate of drug-likeness (QED) is 0.718. The van der Waals surface area contributed by atoms with Crippen molar-refractivity contribution in [2.75, 3.05) is 13.2 Å². The highest BCUT2D eigenvalue weighted by Gasteiger charge is 2.37. The first kappa shape index (κ1) is 8.05. The van der Waals surface area contributed by atoms with Crippen molar-refractivity contribution in [1.29, 1.82) is 0 Å². The van der Waals surface area contributed by atoms with Gasteiger partial charge in [-0.05, 0) is 17.7 Å². The lowest BCUT2D eigenvalue weighted by Crippen LogP contribution is -2.46. The van der Waals surface area contributed by atoms with Crippen LogP contribution in [0.5, 0.6) is 0 Å². The minimum Gasteiger partial charge on any atom is -0.380 e. The number of benzene rings is 1. The van der Waals surface area contributed by atoms with Crippen LogP contribution in [0, 0.1) is 0 Å². The number of halogens is 1. The number of rotatable bonds is 1. The van der Waals surface area contributed by atoms with E-state index in [9.17, 15) is 5.11 Å². The van der Waals surface area contributed by atoms with Crippen molar-refractivity contribution < 1.29 is 9.84 Å². The fourth-order valence-corrected chi connectivity index (χ4v) is 1.43. The van der Waals surface area contributed by atoms with Gasteiger partial charge in [0.25, 0.3) is 0 Å². The molecule has 0 amide bonds. The molecule has 3 heteroatoms. The minimum atomic E-state index is -0.801. The van der Waals surface area contributed by atoms with E-state index in [-0.39, 0.29) is 0 Å². The van der Waals surface area contributed by atoms with Crippen LogP contribution in [0.4, 0.5) is 0 Å². The molecule has 2 rings (SSSR count). The van der Waals surface area contributed by atoms with Crippen molar-refractivity contribution in [3.63, 3.8) is 0 Å². The zero-order valence-corrected chi connectivity index (χ0v) is 7.21. The van der Waals surface area contributed by atoms with Crippen LogP contribution < -0.4 is 0 Å². The molecule has 1 fully saturated rings. The molecule has 0 bridgehead atoms. The summed E-state index contributed by atoms with van der Waals surface area (Å²) in [6.45, 7) is 0.737. The summed E-state index contributed by atoms with van der Waals surface area (Å²) in [4.78, 5) is 0. The molecule has 1 N–H and O–H groups in total. The molecule has 1 aromatic carbocycles. The number of ether oxygens (including phenoxy) is 1. The highest BCUT2D eigenvalue weighted by atomic mass is 35.5. The smallest absolute Gasteiger partial charge is 0.136 e. The van der Waals surface area contributed by atoms with Gasteiger partial charge < -0.3 is 9.84 Å². The number of aliphatic hydroxyl groups is 1. The summed E-state index contributed by atoms with van der Waals surface area (Å²) < 4.78 is 4.94. The maximum absolute atomic E-state index is 9.82. The van der Waals surface area contributed by atoms with E-state index in [0.29, 0.717) is 18.2 Å². The van der Waals surface area contributed by atoms with Crippen molar-refractivity contribution >= 4 is 11.6 Å². The molecule has 12 heavy (non-hydrogen) atoms. The van der Waals surface area contributed by atoms with Crippen molar-refractivity contribution in [2.45, 2.75) is 5.60 Å². The van der Waals surface area contributed by atoms with E-state index in [1.54, 1.807) is 12.1 Å². The van der Waals surface area contributed by atoms with Crippen LogP contribution in [0.3, 0.4) is 0 Å². The Morgan fingerprint density at radius 1 is 1.42 bits per heavy atom. The third-order valence-corrected chi connectivity index (χ3v) is 2.28. The van der Waals surface area contributed by atoms with E-state index in [1.807, 2.05) is 12.1 Å². The van der Waals surface area contributed by atoms with Gasteiger partial charge >= 0.3 is 0 Å². The van der Waals surface area contributed by atoms with Crippen LogP contribution in [0.15, 0.2) is 24.3 Å². The maximum Gasteiger partial charge on any atom is 0.136 e. The largest absolute Gasteiger partial charge is 0.380 e. The van der Waals surface area contributed by atoms with Gasteiger partial charge in [-0.2, -0.15) is 0 Å². The Labute approximate surface area is 75.7 Å². The molecule has 1 saturated heterocycles. The van der Waals surface area contributed by atoms with Gasteiger partial charge in [-0.15, -0.1) is 0 Å². The molecule has 1 aliphatic rings. The second-order valence-electron chi connectivity index (χ2n) is 3.03. The second-order valence-corrected chi connectivity index (χ2v) is 3.47. The predicted molar refractivity (Wildman–Crippen MR) is 46.2 cm³/mol. The van der Waals surface area contributed by atoms with Gasteiger partial charge in [0, 0.05) is 5.02 Å². The molecule has 0 atom stereocenters. The van der Waals surface area contributed by atoms with E-state index in [0.717, 1.165) is 5.56 Å². The maximum atomic E-state index is 9.82. The van der Waals surface area contributed by atoms with Crippen LogP contribution in [-0.2, 0) is 10.3 Å². The van der Waals surface area contributed by atoms with Gasteiger partial charge in [0.1, 0.15) is 5.60 Å². The monoisotopic (exact) mass is 184 g/mol. The van der Waals surface area contributed by atoms with Crippen LogP contribution in [0.2, 0.25) is 5.02 Å². The Hall–Kier alpha value is -0.570. The molecule has 0 radical (unpaired) electrons. The predicted octanol–water partition coefficient (Wildman–Crippen LogP) is 1.56. The van der Waals surface area contributed by atoms with E-state index < -0.39 is 5.60 Å². The Morgan fingerprint density at radius 3 is 2.67 bits per heavy atom. The molecule has 0 unspecified atom stereocenters. The van der Waals surface area contributed by atoms with Crippen LogP contribution >= 0.6 is 11.6 Å². The number of hydrogen-bond acceptors (Lipinski definition) is 2. The highest BCUT2D eigenvalue weighted by Crippen LogP contribution is 2.30. The molecule has 1 aromatic rings. The van der Waals surface area contributed by atoms with E-state index in [2.05, 4.69) is 0 Å². The summed E-state index contributed by atoms with van der Waals surface area (Å²) in [5.74, 6) is 0. The minimum absolute atomic E-state index is 0.368. The molecule has 1 heterocycles. The standard InChI is InChI=1S/C9H9ClO2/c10-8-3-1-2-7(4-8)9(11)5-12-6-9/h1-4,11H,5-6H2. The van der Waals surface area contributed by atoms with E-state index >= 15 is 0 Å². The topological polar surface area (TPSA) is 29.5 Å². The lowest BCUT2D eigenvalue weighted by atomic mass is 9.92. The first-order valence-electron chi connectivity index (χ1n) is 3.77. The van der Waals surface area contributed by atoms with Crippen LogP contribution in [0.1, 0.15) is 5.56 Å². The molecule has 0 aliphatic carbocycles. The Kier molecular flexibility index (Phi) is 1.83.